The Morgan fingerprint density at radius 1 is 1.21 bits per heavy atom. The molecule has 1 aliphatic rings. The number of nitrogens with two attached hydrogens (primary N) is 3. The fourth-order valence-electron chi connectivity index (χ4n) is 1.29. The lowest BCUT2D eigenvalue weighted by Crippen LogP contribution is -2.49. The highest BCUT2D eigenvalue weighted by atomic mass is 16.5. The fraction of sp³-hybridized carbons (Fsp3) is 0.692. The summed E-state index contributed by atoms with van der Waals surface area (Å²) < 4.78 is 4.18. The molecular weight excluding hydrogens is 322 g/mol. The van der Waals surface area contributed by atoms with E-state index in [4.69, 9.17) is 16.6 Å². The molecule has 9 N–H and O–H groups in total. The van der Waals surface area contributed by atoms with E-state index in [1.54, 1.807) is 6.92 Å². The van der Waals surface area contributed by atoms with Gasteiger partial charge in [0, 0.05) is 13.1 Å². The first-order valence-electron chi connectivity index (χ1n) is 7.42. The molecule has 0 aromatic carbocycles. The Hall–Kier alpha value is -2.40. The zero-order valence-corrected chi connectivity index (χ0v) is 13.7. The molecule has 140 valence electrons. The van der Waals surface area contributed by atoms with Crippen molar-refractivity contribution in [1.82, 2.24) is 10.6 Å². The number of hydrogen-bond donors (Lipinski definition) is 6. The van der Waals surface area contributed by atoms with Crippen LogP contribution in [0.5, 0.6) is 0 Å². The SMILES string of the molecule is CCOC(N)=O.NCCCCC(N)C(=O)O.O=C1NCCNC1=O. The molecule has 0 aliphatic carbocycles. The second kappa shape index (κ2) is 15.5. The number of aliphatic carboxylic acids is 1. The summed E-state index contributed by atoms with van der Waals surface area (Å²) in [7, 11) is 0. The largest absolute Gasteiger partial charge is 0.480 e. The van der Waals surface area contributed by atoms with Gasteiger partial charge in [-0.1, -0.05) is 6.42 Å². The van der Waals surface area contributed by atoms with Gasteiger partial charge in [0.2, 0.25) is 0 Å². The Bertz CT molecular complexity index is 388. The van der Waals surface area contributed by atoms with Crippen molar-refractivity contribution in [2.45, 2.75) is 32.2 Å². The Kier molecular flexibility index (Phi) is 15.4. The van der Waals surface area contributed by atoms with Crippen molar-refractivity contribution in [1.29, 1.82) is 0 Å². The lowest BCUT2D eigenvalue weighted by atomic mass is 10.1. The van der Waals surface area contributed by atoms with Crippen LogP contribution in [-0.2, 0) is 19.1 Å². The van der Waals surface area contributed by atoms with E-state index in [1.807, 2.05) is 0 Å². The summed E-state index contributed by atoms with van der Waals surface area (Å²) in [6, 6.07) is -0.716. The van der Waals surface area contributed by atoms with Crippen molar-refractivity contribution < 1.29 is 29.0 Å². The van der Waals surface area contributed by atoms with Crippen LogP contribution in [0.3, 0.4) is 0 Å². The zero-order chi connectivity index (χ0) is 19.0. The number of carboxylic acids is 1. The maximum atomic E-state index is 10.3. The number of hydrogen-bond acceptors (Lipinski definition) is 7. The quantitative estimate of drug-likeness (QED) is 0.230. The number of rotatable bonds is 6. The van der Waals surface area contributed by atoms with E-state index in [9.17, 15) is 19.2 Å². The van der Waals surface area contributed by atoms with Gasteiger partial charge < -0.3 is 37.7 Å². The van der Waals surface area contributed by atoms with Gasteiger partial charge in [-0.15, -0.1) is 0 Å². The van der Waals surface area contributed by atoms with Crippen molar-refractivity contribution in [2.24, 2.45) is 17.2 Å². The Morgan fingerprint density at radius 3 is 1.96 bits per heavy atom. The van der Waals surface area contributed by atoms with Gasteiger partial charge >= 0.3 is 23.9 Å². The predicted molar refractivity (Wildman–Crippen MR) is 85.7 cm³/mol. The summed E-state index contributed by atoms with van der Waals surface area (Å²) >= 11 is 0. The molecule has 0 aromatic rings. The molecule has 3 amide bonds. The fourth-order valence-corrected chi connectivity index (χ4v) is 1.29. The van der Waals surface area contributed by atoms with Crippen LogP contribution in [0.25, 0.3) is 0 Å². The summed E-state index contributed by atoms with van der Waals surface area (Å²) in [5.41, 5.74) is 15.0. The lowest BCUT2D eigenvalue weighted by molar-refractivity contribution is -0.140. The molecule has 11 nitrogen and oxygen atoms in total. The van der Waals surface area contributed by atoms with Gasteiger partial charge in [0.05, 0.1) is 6.61 Å². The van der Waals surface area contributed by atoms with E-state index in [0.29, 0.717) is 32.7 Å². The molecule has 1 rings (SSSR count). The Morgan fingerprint density at radius 2 is 1.71 bits per heavy atom. The first-order chi connectivity index (χ1) is 11.3. The molecule has 0 bridgehead atoms. The smallest absolute Gasteiger partial charge is 0.404 e. The van der Waals surface area contributed by atoms with E-state index < -0.39 is 29.9 Å². The number of unbranched alkanes of at least 4 members (excludes halogenated alkanes) is 1. The van der Waals surface area contributed by atoms with Gasteiger partial charge in [-0.25, -0.2) is 4.79 Å². The summed E-state index contributed by atoms with van der Waals surface area (Å²) in [5.74, 6) is -2.00. The van der Waals surface area contributed by atoms with Gasteiger partial charge in [-0.05, 0) is 26.3 Å². The number of carbonyl (C=O) groups is 4. The van der Waals surface area contributed by atoms with Crippen LogP contribution in [0, 0.1) is 0 Å². The van der Waals surface area contributed by atoms with Gasteiger partial charge in [-0.2, -0.15) is 0 Å². The second-order valence-electron chi connectivity index (χ2n) is 4.49. The van der Waals surface area contributed by atoms with Crippen LogP contribution in [0.15, 0.2) is 0 Å². The summed E-state index contributed by atoms with van der Waals surface area (Å²) in [4.78, 5) is 40.3. The predicted octanol–water partition coefficient (Wildman–Crippen LogP) is -2.14. The second-order valence-corrected chi connectivity index (χ2v) is 4.49. The van der Waals surface area contributed by atoms with Gasteiger partial charge in [0.1, 0.15) is 6.04 Å². The molecule has 0 saturated carbocycles. The average Bonchev–Trinajstić information content (AvgIpc) is 2.51. The van der Waals surface area contributed by atoms with E-state index in [1.165, 1.54) is 0 Å². The van der Waals surface area contributed by atoms with Crippen molar-refractivity contribution >= 4 is 23.9 Å². The first-order valence-corrected chi connectivity index (χ1v) is 7.42. The number of carbonyl (C=O) groups excluding carboxylic acids is 3. The summed E-state index contributed by atoms with van der Waals surface area (Å²) in [6.45, 7) is 3.75. The van der Waals surface area contributed by atoms with Gasteiger partial charge in [0.15, 0.2) is 0 Å². The number of primary amides is 1. The molecule has 11 heteroatoms. The molecule has 1 unspecified atom stereocenters. The lowest BCUT2D eigenvalue weighted by Gasteiger charge is -2.10. The molecule has 1 atom stereocenters. The maximum absolute atomic E-state index is 10.3. The number of ether oxygens (including phenoxy) is 1. The molecule has 0 spiro atoms. The molecule has 0 aromatic heterocycles. The van der Waals surface area contributed by atoms with Gasteiger partial charge in [-0.3, -0.25) is 14.4 Å². The average molecular weight is 349 g/mol. The van der Waals surface area contributed by atoms with Crippen molar-refractivity contribution in [3.63, 3.8) is 0 Å². The highest BCUT2D eigenvalue weighted by Gasteiger charge is 2.15. The van der Waals surface area contributed by atoms with E-state index in [0.717, 1.165) is 12.8 Å². The minimum absolute atomic E-state index is 0.356. The van der Waals surface area contributed by atoms with E-state index in [2.05, 4.69) is 21.1 Å². The first kappa shape index (κ1) is 23.9. The van der Waals surface area contributed by atoms with Crippen LogP contribution in [-0.4, -0.2) is 61.3 Å². The summed E-state index contributed by atoms with van der Waals surface area (Å²) in [6.07, 6.45) is 1.45. The van der Waals surface area contributed by atoms with Crippen LogP contribution >= 0.6 is 0 Å². The molecule has 24 heavy (non-hydrogen) atoms. The minimum Gasteiger partial charge on any atom is -0.480 e. The molecule has 1 heterocycles. The highest BCUT2D eigenvalue weighted by molar-refractivity contribution is 6.35. The Balaban J connectivity index is 0. The standard InChI is InChI=1S/C6H14N2O2.C4H6N2O2.C3H7NO2/c7-4-2-1-3-5(8)6(9)10;7-3-4(8)6-2-1-5-3;1-2-6-3(4)5/h5H,1-4,7-8H2,(H,9,10);1-2H2,(H,5,7)(H,6,8);2H2,1H3,(H2,4,5). The zero-order valence-electron chi connectivity index (χ0n) is 13.7. The van der Waals surface area contributed by atoms with E-state index in [-0.39, 0.29) is 0 Å². The third kappa shape index (κ3) is 16.0. The van der Waals surface area contributed by atoms with Crippen LogP contribution in [0.1, 0.15) is 26.2 Å². The number of carboxylic acid groups (broad SMARTS) is 1. The molecule has 1 saturated heterocycles. The molecular formula is C13H27N5O6. The van der Waals surface area contributed by atoms with Gasteiger partial charge in [0.25, 0.3) is 0 Å². The van der Waals surface area contributed by atoms with Crippen molar-refractivity contribution in [3.8, 4) is 0 Å². The molecule has 1 aliphatic heterocycles. The van der Waals surface area contributed by atoms with Crippen LogP contribution < -0.4 is 27.8 Å². The highest BCUT2D eigenvalue weighted by Crippen LogP contribution is 1.96. The van der Waals surface area contributed by atoms with Crippen LogP contribution in [0.4, 0.5) is 4.79 Å². The number of amides is 3. The normalized spacial score (nSPS) is 13.8. The monoisotopic (exact) mass is 349 g/mol. The van der Waals surface area contributed by atoms with Crippen molar-refractivity contribution in [2.75, 3.05) is 26.2 Å². The third-order valence-electron chi connectivity index (χ3n) is 2.48. The number of piperazine rings is 1. The number of nitrogens with one attached hydrogen (secondary N) is 2. The minimum atomic E-state index is -0.933. The van der Waals surface area contributed by atoms with Crippen molar-refractivity contribution in [3.05, 3.63) is 0 Å². The molecule has 1 fully saturated rings. The van der Waals surface area contributed by atoms with E-state index >= 15 is 0 Å². The molecule has 0 radical (unpaired) electrons. The topological polar surface area (TPSA) is 200 Å². The third-order valence-corrected chi connectivity index (χ3v) is 2.48. The summed E-state index contributed by atoms with van der Waals surface area (Å²) in [5, 5.41) is 13.1. The maximum Gasteiger partial charge on any atom is 0.404 e. The Labute approximate surface area is 140 Å². The van der Waals surface area contributed by atoms with Crippen LogP contribution in [0.2, 0.25) is 0 Å².